The van der Waals surface area contributed by atoms with Gasteiger partial charge in [0.25, 0.3) is 11.8 Å². The molecule has 3 aliphatic heterocycles. The molecular weight excluding hydrogens is 410 g/mol. The second kappa shape index (κ2) is 8.37. The Morgan fingerprint density at radius 3 is 2.24 bits per heavy atom. The molecule has 0 radical (unpaired) electrons. The first-order chi connectivity index (χ1) is 13.9. The molecule has 0 N–H and O–H groups in total. The standard InChI is InChI=1S/C20H27N3O4S2/c1-28-18-14-22(13-17(18)21-9-4-5-10-21)29(26,27)12-6-11-23-19(24)15-7-2-3-8-16(15)20(23)25/h2-3,7-8,17-18H,4-6,9-14H2,1H3. The van der Waals surface area contributed by atoms with Gasteiger partial charge in [0.05, 0.1) is 16.9 Å². The lowest BCUT2D eigenvalue weighted by atomic mass is 10.1. The highest BCUT2D eigenvalue weighted by Gasteiger charge is 2.42. The van der Waals surface area contributed by atoms with Gasteiger partial charge < -0.3 is 0 Å². The number of nitrogens with zero attached hydrogens (tertiary/aromatic N) is 3. The average molecular weight is 438 g/mol. The number of amides is 2. The molecule has 0 aromatic heterocycles. The van der Waals surface area contributed by atoms with Crippen molar-refractivity contribution in [2.45, 2.75) is 30.6 Å². The fourth-order valence-electron chi connectivity index (χ4n) is 4.58. The Hall–Kier alpha value is -1.42. The van der Waals surface area contributed by atoms with E-state index in [0.717, 1.165) is 13.1 Å². The molecule has 29 heavy (non-hydrogen) atoms. The van der Waals surface area contributed by atoms with Gasteiger partial charge >= 0.3 is 0 Å². The summed E-state index contributed by atoms with van der Waals surface area (Å²) in [6, 6.07) is 7.00. The van der Waals surface area contributed by atoms with Crippen LogP contribution in [0.25, 0.3) is 0 Å². The molecule has 3 aliphatic rings. The normalized spacial score (nSPS) is 25.9. The second-order valence-electron chi connectivity index (χ2n) is 7.88. The van der Waals surface area contributed by atoms with Crippen molar-refractivity contribution in [3.63, 3.8) is 0 Å². The Balaban J connectivity index is 1.35. The summed E-state index contributed by atoms with van der Waals surface area (Å²) in [7, 11) is -3.42. The van der Waals surface area contributed by atoms with Crippen molar-refractivity contribution in [3.8, 4) is 0 Å². The molecule has 2 unspecified atom stereocenters. The quantitative estimate of drug-likeness (QED) is 0.602. The molecule has 0 spiro atoms. The Bertz CT molecular complexity index is 864. The van der Waals surface area contributed by atoms with Gasteiger partial charge in [0.2, 0.25) is 10.0 Å². The SMILES string of the molecule is CSC1CN(S(=O)(=O)CCCN2C(=O)c3ccccc3C2=O)CC1N1CCCC1. The van der Waals surface area contributed by atoms with Crippen LogP contribution >= 0.6 is 11.8 Å². The number of sulfonamides is 1. The van der Waals surface area contributed by atoms with E-state index >= 15 is 0 Å². The maximum atomic E-state index is 12.9. The van der Waals surface area contributed by atoms with E-state index in [1.807, 2.05) is 6.26 Å². The summed E-state index contributed by atoms with van der Waals surface area (Å²) in [6.45, 7) is 3.31. The highest BCUT2D eigenvalue weighted by Crippen LogP contribution is 2.30. The molecule has 0 saturated carbocycles. The van der Waals surface area contributed by atoms with Gasteiger partial charge in [-0.05, 0) is 50.7 Å². The fourth-order valence-corrected chi connectivity index (χ4v) is 7.10. The third kappa shape index (κ3) is 3.97. The number of rotatable bonds is 7. The molecule has 0 bridgehead atoms. The van der Waals surface area contributed by atoms with E-state index in [9.17, 15) is 18.0 Å². The number of thioether (sulfide) groups is 1. The number of carbonyl (C=O) groups is 2. The topological polar surface area (TPSA) is 78.0 Å². The maximum absolute atomic E-state index is 12.9. The van der Waals surface area contributed by atoms with Crippen LogP contribution in [-0.4, -0.2) is 90.4 Å². The molecule has 9 heteroatoms. The van der Waals surface area contributed by atoms with Gasteiger partial charge in [0, 0.05) is 30.9 Å². The molecule has 1 aromatic carbocycles. The van der Waals surface area contributed by atoms with E-state index in [2.05, 4.69) is 4.90 Å². The Morgan fingerprint density at radius 1 is 1.03 bits per heavy atom. The van der Waals surface area contributed by atoms with Gasteiger partial charge in [-0.25, -0.2) is 8.42 Å². The summed E-state index contributed by atoms with van der Waals surface area (Å²) in [5, 5.41) is 0.291. The zero-order valence-corrected chi connectivity index (χ0v) is 18.3. The predicted octanol–water partition coefficient (Wildman–Crippen LogP) is 1.51. The minimum Gasteiger partial charge on any atom is -0.298 e. The van der Waals surface area contributed by atoms with Crippen LogP contribution in [0.15, 0.2) is 24.3 Å². The van der Waals surface area contributed by atoms with E-state index in [-0.39, 0.29) is 36.6 Å². The lowest BCUT2D eigenvalue weighted by Crippen LogP contribution is -2.41. The molecule has 7 nitrogen and oxygen atoms in total. The molecular formula is C20H27N3O4S2. The Labute approximate surface area is 176 Å². The number of carbonyl (C=O) groups excluding carboxylic acids is 2. The second-order valence-corrected chi connectivity index (χ2v) is 11.0. The van der Waals surface area contributed by atoms with Crippen LogP contribution in [0.3, 0.4) is 0 Å². The van der Waals surface area contributed by atoms with Crippen molar-refractivity contribution in [1.82, 2.24) is 14.1 Å². The molecule has 0 aliphatic carbocycles. The van der Waals surface area contributed by atoms with Crippen LogP contribution in [-0.2, 0) is 10.0 Å². The molecule has 3 heterocycles. The van der Waals surface area contributed by atoms with Gasteiger partial charge in [-0.2, -0.15) is 16.1 Å². The van der Waals surface area contributed by atoms with Crippen LogP contribution in [0, 0.1) is 0 Å². The molecule has 4 rings (SSSR count). The predicted molar refractivity (Wildman–Crippen MR) is 114 cm³/mol. The minimum atomic E-state index is -3.42. The van der Waals surface area contributed by atoms with E-state index in [0.29, 0.717) is 29.5 Å². The third-order valence-corrected chi connectivity index (χ3v) is 9.13. The van der Waals surface area contributed by atoms with Crippen LogP contribution in [0.1, 0.15) is 40.0 Å². The zero-order valence-electron chi connectivity index (χ0n) is 16.6. The van der Waals surface area contributed by atoms with Crippen LogP contribution in [0.5, 0.6) is 0 Å². The monoisotopic (exact) mass is 437 g/mol. The first-order valence-electron chi connectivity index (χ1n) is 10.1. The Kier molecular flexibility index (Phi) is 6.02. The summed E-state index contributed by atoms with van der Waals surface area (Å²) >= 11 is 1.74. The van der Waals surface area contributed by atoms with Crippen molar-refractivity contribution in [2.75, 3.05) is 44.7 Å². The van der Waals surface area contributed by atoms with Crippen LogP contribution in [0.4, 0.5) is 0 Å². The first kappa shape index (κ1) is 20.8. The summed E-state index contributed by atoms with van der Waals surface area (Å²) in [4.78, 5) is 28.5. The maximum Gasteiger partial charge on any atom is 0.261 e. The van der Waals surface area contributed by atoms with Gasteiger partial charge in [-0.3, -0.25) is 19.4 Å². The van der Waals surface area contributed by atoms with Crippen molar-refractivity contribution in [3.05, 3.63) is 35.4 Å². The molecule has 2 atom stereocenters. The van der Waals surface area contributed by atoms with Crippen molar-refractivity contribution in [2.24, 2.45) is 0 Å². The van der Waals surface area contributed by atoms with Gasteiger partial charge in [-0.15, -0.1) is 0 Å². The van der Waals surface area contributed by atoms with E-state index in [1.54, 1.807) is 40.3 Å². The summed E-state index contributed by atoms with van der Waals surface area (Å²) in [6.07, 6.45) is 4.67. The number of hydrogen-bond donors (Lipinski definition) is 0. The molecule has 1 aromatic rings. The third-order valence-electron chi connectivity index (χ3n) is 6.17. The Morgan fingerprint density at radius 2 is 1.66 bits per heavy atom. The number of likely N-dealkylation sites (tertiary alicyclic amines) is 1. The molecule has 2 amide bonds. The smallest absolute Gasteiger partial charge is 0.261 e. The number of benzene rings is 1. The van der Waals surface area contributed by atoms with E-state index in [1.165, 1.54) is 17.7 Å². The van der Waals surface area contributed by atoms with Gasteiger partial charge in [0.1, 0.15) is 0 Å². The van der Waals surface area contributed by atoms with E-state index < -0.39 is 10.0 Å². The van der Waals surface area contributed by atoms with Crippen LogP contribution in [0.2, 0.25) is 0 Å². The number of hydrogen-bond acceptors (Lipinski definition) is 6. The molecule has 2 saturated heterocycles. The van der Waals surface area contributed by atoms with Crippen molar-refractivity contribution < 1.29 is 18.0 Å². The zero-order chi connectivity index (χ0) is 20.6. The van der Waals surface area contributed by atoms with Gasteiger partial charge in [0.15, 0.2) is 0 Å². The van der Waals surface area contributed by atoms with Crippen molar-refractivity contribution in [1.29, 1.82) is 0 Å². The summed E-state index contributed by atoms with van der Waals surface area (Å²) in [5.41, 5.74) is 0.798. The average Bonchev–Trinajstić information content (AvgIpc) is 3.43. The van der Waals surface area contributed by atoms with E-state index in [4.69, 9.17) is 0 Å². The largest absolute Gasteiger partial charge is 0.298 e. The molecule has 2 fully saturated rings. The number of imide groups is 1. The lowest BCUT2D eigenvalue weighted by molar-refractivity contribution is 0.0654. The lowest BCUT2D eigenvalue weighted by Gasteiger charge is -2.27. The molecule has 158 valence electrons. The summed E-state index contributed by atoms with van der Waals surface area (Å²) < 4.78 is 27.4. The van der Waals surface area contributed by atoms with Crippen molar-refractivity contribution >= 4 is 33.6 Å². The highest BCUT2D eigenvalue weighted by molar-refractivity contribution is 7.99. The highest BCUT2D eigenvalue weighted by atomic mass is 32.2. The number of fused-ring (bicyclic) bond motifs is 1. The summed E-state index contributed by atoms with van der Waals surface area (Å²) in [5.74, 6) is -0.713. The van der Waals surface area contributed by atoms with Crippen LogP contribution < -0.4 is 0 Å². The fraction of sp³-hybridized carbons (Fsp3) is 0.600. The minimum absolute atomic E-state index is 0.0474. The first-order valence-corrected chi connectivity index (χ1v) is 13.0. The van der Waals surface area contributed by atoms with Gasteiger partial charge in [-0.1, -0.05) is 12.1 Å².